The minimum atomic E-state index is -0.869. The molecule has 0 aliphatic heterocycles. The first-order chi connectivity index (χ1) is 9.24. The van der Waals surface area contributed by atoms with Crippen molar-refractivity contribution in [1.29, 1.82) is 0 Å². The molecule has 0 heterocycles. The summed E-state index contributed by atoms with van der Waals surface area (Å²) in [6, 6.07) is 7.06. The molecule has 1 aromatic carbocycles. The maximum Gasteiger partial charge on any atom is 0.335 e. The van der Waals surface area contributed by atoms with Gasteiger partial charge >= 0.3 is 5.97 Å². The highest BCUT2D eigenvalue weighted by Gasteiger charge is 2.01. The predicted molar refractivity (Wildman–Crippen MR) is 85.7 cm³/mol. The third-order valence-electron chi connectivity index (χ3n) is 3.24. The number of carboxylic acids is 1. The van der Waals surface area contributed by atoms with E-state index in [0.717, 1.165) is 18.7 Å². The van der Waals surface area contributed by atoms with E-state index in [9.17, 15) is 4.79 Å². The molecule has 0 amide bonds. The van der Waals surface area contributed by atoms with Gasteiger partial charge in [-0.25, -0.2) is 4.79 Å². The summed E-state index contributed by atoms with van der Waals surface area (Å²) >= 11 is 0. The zero-order valence-electron chi connectivity index (χ0n) is 12.2. The molecule has 0 radical (unpaired) electrons. The summed E-state index contributed by atoms with van der Waals surface area (Å²) in [7, 11) is 0. The Kier molecular flexibility index (Phi) is 11.1. The Morgan fingerprint density at radius 2 is 1.65 bits per heavy atom. The van der Waals surface area contributed by atoms with Crippen LogP contribution in [-0.4, -0.2) is 17.6 Å². The van der Waals surface area contributed by atoms with Crippen LogP contribution < -0.4 is 5.32 Å². The zero-order valence-corrected chi connectivity index (χ0v) is 13.0. The fourth-order valence-corrected chi connectivity index (χ4v) is 2.03. The largest absolute Gasteiger partial charge is 0.478 e. The van der Waals surface area contributed by atoms with E-state index >= 15 is 0 Å². The van der Waals surface area contributed by atoms with E-state index in [1.54, 1.807) is 12.1 Å². The van der Waals surface area contributed by atoms with Crippen molar-refractivity contribution < 1.29 is 9.90 Å². The quantitative estimate of drug-likeness (QED) is 0.635. The summed E-state index contributed by atoms with van der Waals surface area (Å²) < 4.78 is 0. The lowest BCUT2D eigenvalue weighted by molar-refractivity contribution is 0.0697. The van der Waals surface area contributed by atoms with Gasteiger partial charge in [0, 0.05) is 6.54 Å². The Morgan fingerprint density at radius 3 is 2.25 bits per heavy atom. The van der Waals surface area contributed by atoms with Crippen molar-refractivity contribution in [2.24, 2.45) is 0 Å². The van der Waals surface area contributed by atoms with Crippen LogP contribution in [0.4, 0.5) is 0 Å². The summed E-state index contributed by atoms with van der Waals surface area (Å²) in [5.74, 6) is -0.869. The van der Waals surface area contributed by atoms with Crippen molar-refractivity contribution in [1.82, 2.24) is 5.32 Å². The van der Waals surface area contributed by atoms with Gasteiger partial charge in [0.25, 0.3) is 0 Å². The van der Waals surface area contributed by atoms with Gasteiger partial charge in [0.1, 0.15) is 0 Å². The fraction of sp³-hybridized carbons (Fsp3) is 0.562. The maximum atomic E-state index is 10.7. The van der Waals surface area contributed by atoms with Crippen molar-refractivity contribution in [2.45, 2.75) is 52.0 Å². The number of carboxylic acid groups (broad SMARTS) is 1. The highest BCUT2D eigenvalue weighted by atomic mass is 35.5. The van der Waals surface area contributed by atoms with Crippen molar-refractivity contribution in [3.63, 3.8) is 0 Å². The average Bonchev–Trinajstić information content (AvgIpc) is 2.42. The van der Waals surface area contributed by atoms with Gasteiger partial charge < -0.3 is 10.4 Å². The standard InChI is InChI=1S/C16H25NO2.ClH/c1-2-3-4-5-6-7-12-17-13-14-8-10-15(11-9-14)16(18)19;/h8-11,17H,2-7,12-13H2,1H3,(H,18,19);1H. The summed E-state index contributed by atoms with van der Waals surface area (Å²) in [6.45, 7) is 4.08. The van der Waals surface area contributed by atoms with E-state index in [1.807, 2.05) is 12.1 Å². The van der Waals surface area contributed by atoms with Crippen LogP contribution in [0, 0.1) is 0 Å². The lowest BCUT2D eigenvalue weighted by atomic mass is 10.1. The molecule has 2 N–H and O–H groups in total. The van der Waals surface area contributed by atoms with E-state index < -0.39 is 5.97 Å². The number of hydrogen-bond donors (Lipinski definition) is 2. The van der Waals surface area contributed by atoms with Crippen molar-refractivity contribution >= 4 is 18.4 Å². The summed E-state index contributed by atoms with van der Waals surface area (Å²) in [6.07, 6.45) is 7.85. The third kappa shape index (κ3) is 8.18. The minimum Gasteiger partial charge on any atom is -0.478 e. The molecule has 1 aromatic rings. The lowest BCUT2D eigenvalue weighted by Crippen LogP contribution is -2.14. The number of carbonyl (C=O) groups is 1. The van der Waals surface area contributed by atoms with Crippen LogP contribution in [0.3, 0.4) is 0 Å². The molecule has 0 aromatic heterocycles. The Hall–Kier alpha value is -1.06. The number of halogens is 1. The molecule has 0 aliphatic carbocycles. The van der Waals surface area contributed by atoms with Gasteiger partial charge in [-0.3, -0.25) is 0 Å². The molecule has 3 nitrogen and oxygen atoms in total. The summed E-state index contributed by atoms with van der Waals surface area (Å²) in [4.78, 5) is 10.7. The topological polar surface area (TPSA) is 49.3 Å². The number of benzene rings is 1. The number of aromatic carboxylic acids is 1. The molecule has 0 atom stereocenters. The summed E-state index contributed by atoms with van der Waals surface area (Å²) in [5, 5.41) is 12.2. The van der Waals surface area contributed by atoms with Gasteiger partial charge in [-0.05, 0) is 30.7 Å². The van der Waals surface area contributed by atoms with Gasteiger partial charge in [0.05, 0.1) is 5.56 Å². The third-order valence-corrected chi connectivity index (χ3v) is 3.24. The van der Waals surface area contributed by atoms with Gasteiger partial charge in [0.2, 0.25) is 0 Å². The van der Waals surface area contributed by atoms with Crippen molar-refractivity contribution in [3.8, 4) is 0 Å². The van der Waals surface area contributed by atoms with Crippen LogP contribution in [0.2, 0.25) is 0 Å². The van der Waals surface area contributed by atoms with Crippen molar-refractivity contribution in [2.75, 3.05) is 6.54 Å². The number of hydrogen-bond acceptors (Lipinski definition) is 2. The van der Waals surface area contributed by atoms with Crippen LogP contribution in [0.15, 0.2) is 24.3 Å². The number of nitrogens with one attached hydrogen (secondary N) is 1. The SMILES string of the molecule is CCCCCCCCNCc1ccc(C(=O)O)cc1.Cl. The van der Waals surface area contributed by atoms with Gasteiger partial charge in [0.15, 0.2) is 0 Å². The maximum absolute atomic E-state index is 10.7. The molecule has 0 bridgehead atoms. The minimum absolute atomic E-state index is 0. The summed E-state index contributed by atoms with van der Waals surface area (Å²) in [5.41, 5.74) is 1.48. The Bertz CT molecular complexity index is 365. The van der Waals surface area contributed by atoms with Gasteiger partial charge in [-0.2, -0.15) is 0 Å². The first-order valence-corrected chi connectivity index (χ1v) is 7.27. The van der Waals surface area contributed by atoms with Crippen LogP contribution in [0.5, 0.6) is 0 Å². The molecule has 0 aliphatic rings. The zero-order chi connectivity index (χ0) is 13.9. The molecule has 0 spiro atoms. The second-order valence-electron chi connectivity index (χ2n) is 4.95. The molecule has 0 fully saturated rings. The number of rotatable bonds is 10. The van der Waals surface area contributed by atoms with Crippen LogP contribution in [0.1, 0.15) is 61.4 Å². The van der Waals surface area contributed by atoms with E-state index in [2.05, 4.69) is 12.2 Å². The first-order valence-electron chi connectivity index (χ1n) is 7.27. The average molecular weight is 300 g/mol. The van der Waals surface area contributed by atoms with Crippen LogP contribution in [0.25, 0.3) is 0 Å². The molecule has 114 valence electrons. The van der Waals surface area contributed by atoms with Crippen LogP contribution >= 0.6 is 12.4 Å². The first kappa shape index (κ1) is 18.9. The van der Waals surface area contributed by atoms with Gasteiger partial charge in [-0.15, -0.1) is 12.4 Å². The van der Waals surface area contributed by atoms with E-state index in [0.29, 0.717) is 5.56 Å². The molecule has 0 unspecified atom stereocenters. The number of unbranched alkanes of at least 4 members (excludes halogenated alkanes) is 5. The smallest absolute Gasteiger partial charge is 0.335 e. The molecule has 4 heteroatoms. The Labute approximate surface area is 128 Å². The molecule has 0 saturated carbocycles. The molecular formula is C16H26ClNO2. The van der Waals surface area contributed by atoms with Crippen molar-refractivity contribution in [3.05, 3.63) is 35.4 Å². The Balaban J connectivity index is 0.00000361. The molecular weight excluding hydrogens is 274 g/mol. The predicted octanol–water partition coefficient (Wildman–Crippen LogP) is 4.26. The Morgan fingerprint density at radius 1 is 1.05 bits per heavy atom. The highest BCUT2D eigenvalue weighted by molar-refractivity contribution is 5.87. The van der Waals surface area contributed by atoms with E-state index in [4.69, 9.17) is 5.11 Å². The van der Waals surface area contributed by atoms with Gasteiger partial charge in [-0.1, -0.05) is 51.2 Å². The van der Waals surface area contributed by atoms with E-state index in [-0.39, 0.29) is 12.4 Å². The monoisotopic (exact) mass is 299 g/mol. The normalized spacial score (nSPS) is 10.1. The van der Waals surface area contributed by atoms with E-state index in [1.165, 1.54) is 38.5 Å². The molecule has 0 saturated heterocycles. The molecule has 1 rings (SSSR count). The second-order valence-corrected chi connectivity index (χ2v) is 4.95. The van der Waals surface area contributed by atoms with Crippen LogP contribution in [-0.2, 0) is 6.54 Å². The second kappa shape index (κ2) is 11.7. The fourth-order valence-electron chi connectivity index (χ4n) is 2.03. The molecule has 20 heavy (non-hydrogen) atoms. The lowest BCUT2D eigenvalue weighted by Gasteiger charge is -2.05. The highest BCUT2D eigenvalue weighted by Crippen LogP contribution is 2.06.